The standard InChI is InChI=1S/C13H19BrFN/c1-9(2)16(10(3)4)8-11-5-6-13(15)12(14)7-11/h5-7,9-10H,8H2,1-4H3. The van der Waals surface area contributed by atoms with Crippen molar-refractivity contribution in [1.29, 1.82) is 0 Å². The first-order chi connectivity index (χ1) is 7.41. The average Bonchev–Trinajstić information content (AvgIpc) is 2.18. The minimum Gasteiger partial charge on any atom is -0.294 e. The maximum atomic E-state index is 13.1. The highest BCUT2D eigenvalue weighted by molar-refractivity contribution is 9.10. The number of hydrogen-bond donors (Lipinski definition) is 0. The third kappa shape index (κ3) is 3.56. The van der Waals surface area contributed by atoms with Crippen LogP contribution in [0.4, 0.5) is 4.39 Å². The molecule has 0 saturated carbocycles. The van der Waals surface area contributed by atoms with E-state index in [4.69, 9.17) is 0 Å². The van der Waals surface area contributed by atoms with E-state index in [1.807, 2.05) is 12.1 Å². The monoisotopic (exact) mass is 287 g/mol. The second kappa shape index (κ2) is 5.78. The molecule has 0 heterocycles. The van der Waals surface area contributed by atoms with Gasteiger partial charge < -0.3 is 0 Å². The van der Waals surface area contributed by atoms with Crippen molar-refractivity contribution in [3.63, 3.8) is 0 Å². The number of halogens is 2. The second-order valence-electron chi connectivity index (χ2n) is 4.61. The molecule has 0 radical (unpaired) electrons. The zero-order valence-corrected chi connectivity index (χ0v) is 11.9. The molecule has 0 bridgehead atoms. The molecule has 0 spiro atoms. The molecule has 3 heteroatoms. The molecular formula is C13H19BrFN. The van der Waals surface area contributed by atoms with Gasteiger partial charge in [-0.05, 0) is 61.3 Å². The lowest BCUT2D eigenvalue weighted by atomic mass is 10.1. The van der Waals surface area contributed by atoms with Crippen LogP contribution in [0, 0.1) is 5.82 Å². The summed E-state index contributed by atoms with van der Waals surface area (Å²) in [5.41, 5.74) is 1.13. The van der Waals surface area contributed by atoms with Crippen molar-refractivity contribution in [3.8, 4) is 0 Å². The summed E-state index contributed by atoms with van der Waals surface area (Å²) in [4.78, 5) is 2.37. The van der Waals surface area contributed by atoms with E-state index in [0.717, 1.165) is 12.1 Å². The van der Waals surface area contributed by atoms with E-state index in [1.54, 1.807) is 0 Å². The number of benzene rings is 1. The normalized spacial score (nSPS) is 11.8. The molecule has 0 saturated heterocycles. The van der Waals surface area contributed by atoms with Gasteiger partial charge >= 0.3 is 0 Å². The van der Waals surface area contributed by atoms with Crippen molar-refractivity contribution in [2.75, 3.05) is 0 Å². The predicted molar refractivity (Wildman–Crippen MR) is 69.9 cm³/mol. The van der Waals surface area contributed by atoms with Crippen LogP contribution in [0.3, 0.4) is 0 Å². The number of rotatable bonds is 4. The molecule has 0 fully saturated rings. The lowest BCUT2D eigenvalue weighted by Crippen LogP contribution is -2.36. The van der Waals surface area contributed by atoms with Crippen LogP contribution in [0.15, 0.2) is 22.7 Å². The van der Waals surface area contributed by atoms with Gasteiger partial charge in [-0.2, -0.15) is 0 Å². The van der Waals surface area contributed by atoms with Gasteiger partial charge in [0.1, 0.15) is 5.82 Å². The SMILES string of the molecule is CC(C)N(Cc1ccc(F)c(Br)c1)C(C)C. The first-order valence-corrected chi connectivity index (χ1v) is 6.40. The lowest BCUT2D eigenvalue weighted by molar-refractivity contribution is 0.166. The quantitative estimate of drug-likeness (QED) is 0.802. The Bertz CT molecular complexity index is 342. The molecule has 90 valence electrons. The molecule has 0 N–H and O–H groups in total. The van der Waals surface area contributed by atoms with Gasteiger partial charge in [0.2, 0.25) is 0 Å². The highest BCUT2D eigenvalue weighted by Crippen LogP contribution is 2.19. The Hall–Kier alpha value is -0.410. The van der Waals surface area contributed by atoms with E-state index >= 15 is 0 Å². The maximum absolute atomic E-state index is 13.1. The van der Waals surface area contributed by atoms with Crippen molar-refractivity contribution >= 4 is 15.9 Å². The Balaban J connectivity index is 2.81. The molecule has 0 aromatic heterocycles. The molecule has 0 aliphatic rings. The number of hydrogen-bond acceptors (Lipinski definition) is 1. The molecule has 1 aromatic carbocycles. The molecule has 0 aliphatic carbocycles. The van der Waals surface area contributed by atoms with Crippen molar-refractivity contribution < 1.29 is 4.39 Å². The van der Waals surface area contributed by atoms with Crippen LogP contribution < -0.4 is 0 Å². The van der Waals surface area contributed by atoms with Gasteiger partial charge in [0.05, 0.1) is 4.47 Å². The molecule has 0 amide bonds. The molecule has 0 unspecified atom stereocenters. The van der Waals surface area contributed by atoms with Gasteiger partial charge in [0.15, 0.2) is 0 Å². The summed E-state index contributed by atoms with van der Waals surface area (Å²) in [7, 11) is 0. The van der Waals surface area contributed by atoms with Crippen LogP contribution >= 0.6 is 15.9 Å². The van der Waals surface area contributed by atoms with Gasteiger partial charge in [-0.25, -0.2) is 4.39 Å². The first-order valence-electron chi connectivity index (χ1n) is 5.61. The van der Waals surface area contributed by atoms with Crippen LogP contribution in [0.5, 0.6) is 0 Å². The molecule has 1 rings (SSSR count). The fourth-order valence-electron chi connectivity index (χ4n) is 1.81. The van der Waals surface area contributed by atoms with Crippen molar-refractivity contribution in [1.82, 2.24) is 4.90 Å². The molecule has 0 atom stereocenters. The second-order valence-corrected chi connectivity index (χ2v) is 5.46. The van der Waals surface area contributed by atoms with Crippen LogP contribution in [0.25, 0.3) is 0 Å². The van der Waals surface area contributed by atoms with Crippen molar-refractivity contribution in [2.45, 2.75) is 46.3 Å². The van der Waals surface area contributed by atoms with E-state index in [1.165, 1.54) is 6.07 Å². The third-order valence-corrected chi connectivity index (χ3v) is 3.28. The maximum Gasteiger partial charge on any atom is 0.137 e. The van der Waals surface area contributed by atoms with Gasteiger partial charge in [-0.1, -0.05) is 6.07 Å². The molecule has 1 aromatic rings. The predicted octanol–water partition coefficient (Wildman–Crippen LogP) is 4.21. The highest BCUT2D eigenvalue weighted by Gasteiger charge is 2.14. The van der Waals surface area contributed by atoms with Gasteiger partial charge in [0, 0.05) is 18.6 Å². The minimum absolute atomic E-state index is 0.204. The van der Waals surface area contributed by atoms with Crippen LogP contribution in [-0.2, 0) is 6.54 Å². The van der Waals surface area contributed by atoms with Crippen molar-refractivity contribution in [3.05, 3.63) is 34.1 Å². The topological polar surface area (TPSA) is 3.24 Å². The molecular weight excluding hydrogens is 269 g/mol. The van der Waals surface area contributed by atoms with Gasteiger partial charge in [0.25, 0.3) is 0 Å². The zero-order valence-electron chi connectivity index (χ0n) is 10.3. The highest BCUT2D eigenvalue weighted by atomic mass is 79.9. The summed E-state index contributed by atoms with van der Waals surface area (Å²) in [5, 5.41) is 0. The summed E-state index contributed by atoms with van der Waals surface area (Å²) < 4.78 is 13.6. The summed E-state index contributed by atoms with van der Waals surface area (Å²) >= 11 is 3.22. The Morgan fingerprint density at radius 3 is 2.19 bits per heavy atom. The van der Waals surface area contributed by atoms with Crippen molar-refractivity contribution in [2.24, 2.45) is 0 Å². The van der Waals surface area contributed by atoms with Crippen LogP contribution in [0.2, 0.25) is 0 Å². The Morgan fingerprint density at radius 2 is 1.75 bits per heavy atom. The van der Waals surface area contributed by atoms with E-state index in [2.05, 4.69) is 48.5 Å². The summed E-state index contributed by atoms with van der Waals surface area (Å²) in [5.74, 6) is -0.204. The van der Waals surface area contributed by atoms with E-state index in [0.29, 0.717) is 16.6 Å². The van der Waals surface area contributed by atoms with Gasteiger partial charge in [-0.3, -0.25) is 4.90 Å². The van der Waals surface area contributed by atoms with E-state index in [9.17, 15) is 4.39 Å². The molecule has 1 nitrogen and oxygen atoms in total. The molecule has 0 aliphatic heterocycles. The average molecular weight is 288 g/mol. The summed E-state index contributed by atoms with van der Waals surface area (Å²) in [6, 6.07) is 6.19. The van der Waals surface area contributed by atoms with Crippen LogP contribution in [-0.4, -0.2) is 17.0 Å². The lowest BCUT2D eigenvalue weighted by Gasteiger charge is -2.30. The zero-order chi connectivity index (χ0) is 12.3. The van der Waals surface area contributed by atoms with E-state index in [-0.39, 0.29) is 5.82 Å². The smallest absolute Gasteiger partial charge is 0.137 e. The molecule has 16 heavy (non-hydrogen) atoms. The largest absolute Gasteiger partial charge is 0.294 e. The summed E-state index contributed by atoms with van der Waals surface area (Å²) in [6.07, 6.45) is 0. The first kappa shape index (κ1) is 13.7. The Kier molecular flexibility index (Phi) is 4.93. The fourth-order valence-corrected chi connectivity index (χ4v) is 2.24. The summed E-state index contributed by atoms with van der Waals surface area (Å²) in [6.45, 7) is 9.57. The Labute approximate surface area is 106 Å². The van der Waals surface area contributed by atoms with Crippen LogP contribution in [0.1, 0.15) is 33.3 Å². The fraction of sp³-hybridized carbons (Fsp3) is 0.538. The van der Waals surface area contributed by atoms with E-state index < -0.39 is 0 Å². The van der Waals surface area contributed by atoms with Gasteiger partial charge in [-0.15, -0.1) is 0 Å². The minimum atomic E-state index is -0.204. The number of nitrogens with zero attached hydrogens (tertiary/aromatic N) is 1. The Morgan fingerprint density at radius 1 is 1.19 bits per heavy atom. The third-order valence-electron chi connectivity index (χ3n) is 2.68.